The van der Waals surface area contributed by atoms with E-state index >= 15 is 0 Å². The largest absolute Gasteiger partial charge is 0.459 e. The zero-order chi connectivity index (χ0) is 10.1. The number of benzene rings is 1. The summed E-state index contributed by atoms with van der Waals surface area (Å²) < 4.78 is 5.51. The smallest absolute Gasteiger partial charge is 0.134 e. The third-order valence-corrected chi connectivity index (χ3v) is 2.29. The van der Waals surface area contributed by atoms with Crippen molar-refractivity contribution < 1.29 is 9.52 Å². The van der Waals surface area contributed by atoms with Crippen LogP contribution in [0.5, 0.6) is 0 Å². The number of fused-ring (bicyclic) bond motifs is 1. The van der Waals surface area contributed by atoms with E-state index in [4.69, 9.17) is 10.2 Å². The number of aliphatic hydroxyl groups is 1. The highest BCUT2D eigenvalue weighted by Crippen LogP contribution is 2.23. The highest BCUT2D eigenvalue weighted by molar-refractivity contribution is 5.77. The zero-order valence-corrected chi connectivity index (χ0v) is 7.97. The molecule has 0 spiro atoms. The summed E-state index contributed by atoms with van der Waals surface area (Å²) in [6, 6.07) is 9.10. The van der Waals surface area contributed by atoms with Crippen LogP contribution in [-0.2, 0) is 0 Å². The van der Waals surface area contributed by atoms with Crippen LogP contribution in [-0.4, -0.2) is 11.2 Å². The van der Waals surface area contributed by atoms with Crippen molar-refractivity contribution in [3.8, 4) is 0 Å². The van der Waals surface area contributed by atoms with Gasteiger partial charge in [0.05, 0.1) is 12.1 Å². The van der Waals surface area contributed by atoms with Crippen LogP contribution in [0.15, 0.2) is 34.7 Å². The molecule has 2 rings (SSSR count). The van der Waals surface area contributed by atoms with Gasteiger partial charge in [0, 0.05) is 5.39 Å². The fraction of sp³-hybridized carbons (Fsp3) is 0.273. The van der Waals surface area contributed by atoms with E-state index in [1.807, 2.05) is 30.3 Å². The Bertz CT molecular complexity index is 401. The van der Waals surface area contributed by atoms with Crippen LogP contribution in [0.3, 0.4) is 0 Å². The molecular weight excluding hydrogens is 178 g/mol. The average molecular weight is 191 g/mol. The Morgan fingerprint density at radius 2 is 2.07 bits per heavy atom. The fourth-order valence-electron chi connectivity index (χ4n) is 1.40. The van der Waals surface area contributed by atoms with Gasteiger partial charge < -0.3 is 15.3 Å². The number of furan rings is 1. The summed E-state index contributed by atoms with van der Waals surface area (Å²) in [4.78, 5) is 0. The van der Waals surface area contributed by atoms with E-state index in [1.165, 1.54) is 0 Å². The van der Waals surface area contributed by atoms with Crippen LogP contribution in [0.25, 0.3) is 11.0 Å². The van der Waals surface area contributed by atoms with E-state index in [-0.39, 0.29) is 0 Å². The van der Waals surface area contributed by atoms with Crippen molar-refractivity contribution in [3.63, 3.8) is 0 Å². The van der Waals surface area contributed by atoms with E-state index in [1.54, 1.807) is 6.92 Å². The second-order valence-electron chi connectivity index (χ2n) is 3.45. The molecule has 0 unspecified atom stereocenters. The lowest BCUT2D eigenvalue weighted by atomic mass is 10.1. The predicted octanol–water partition coefficient (Wildman–Crippen LogP) is 1.81. The maximum atomic E-state index is 9.31. The lowest BCUT2D eigenvalue weighted by Crippen LogP contribution is -2.22. The standard InChI is InChI=1S/C11H13NO2/c1-7(13)11(12)10-6-8-4-2-3-5-9(8)14-10/h2-7,11,13H,12H2,1H3/t7-,11+/m1/s1. The van der Waals surface area contributed by atoms with Gasteiger partial charge in [0.25, 0.3) is 0 Å². The van der Waals surface area contributed by atoms with Crippen molar-refractivity contribution in [2.24, 2.45) is 5.73 Å². The lowest BCUT2D eigenvalue weighted by Gasteiger charge is -2.10. The zero-order valence-electron chi connectivity index (χ0n) is 7.97. The van der Waals surface area contributed by atoms with Crippen molar-refractivity contribution in [1.29, 1.82) is 0 Å². The summed E-state index contributed by atoms with van der Waals surface area (Å²) in [7, 11) is 0. The Hall–Kier alpha value is -1.32. The van der Waals surface area contributed by atoms with Gasteiger partial charge in [-0.25, -0.2) is 0 Å². The minimum atomic E-state index is -0.601. The number of hydrogen-bond donors (Lipinski definition) is 2. The van der Waals surface area contributed by atoms with Crippen molar-refractivity contribution in [1.82, 2.24) is 0 Å². The van der Waals surface area contributed by atoms with Crippen molar-refractivity contribution in [3.05, 3.63) is 36.1 Å². The molecule has 3 heteroatoms. The summed E-state index contributed by atoms with van der Waals surface area (Å²) in [5.41, 5.74) is 6.56. The minimum absolute atomic E-state index is 0.456. The Labute approximate surface area is 82.1 Å². The first-order chi connectivity index (χ1) is 6.68. The Balaban J connectivity index is 2.45. The Morgan fingerprint density at radius 3 is 2.71 bits per heavy atom. The van der Waals surface area contributed by atoms with Crippen molar-refractivity contribution in [2.75, 3.05) is 0 Å². The molecule has 0 aliphatic carbocycles. The topological polar surface area (TPSA) is 59.4 Å². The SMILES string of the molecule is C[C@@H](O)[C@H](N)c1cc2ccccc2o1. The van der Waals surface area contributed by atoms with Gasteiger partial charge in [0.1, 0.15) is 11.3 Å². The number of hydrogen-bond acceptors (Lipinski definition) is 3. The summed E-state index contributed by atoms with van der Waals surface area (Å²) >= 11 is 0. The normalized spacial score (nSPS) is 15.6. The van der Waals surface area contributed by atoms with Crippen LogP contribution < -0.4 is 5.73 Å². The van der Waals surface area contributed by atoms with E-state index in [2.05, 4.69) is 0 Å². The average Bonchev–Trinajstić information content (AvgIpc) is 2.59. The van der Waals surface area contributed by atoms with Crippen LogP contribution >= 0.6 is 0 Å². The molecule has 2 atom stereocenters. The van der Waals surface area contributed by atoms with E-state index in [9.17, 15) is 5.11 Å². The minimum Gasteiger partial charge on any atom is -0.459 e. The number of aliphatic hydroxyl groups excluding tert-OH is 1. The molecule has 3 nitrogen and oxygen atoms in total. The van der Waals surface area contributed by atoms with E-state index in [0.717, 1.165) is 11.0 Å². The molecule has 14 heavy (non-hydrogen) atoms. The van der Waals surface area contributed by atoms with Crippen LogP contribution in [0.1, 0.15) is 18.7 Å². The second-order valence-corrected chi connectivity index (χ2v) is 3.45. The molecule has 0 radical (unpaired) electrons. The van der Waals surface area contributed by atoms with Gasteiger partial charge in [-0.15, -0.1) is 0 Å². The molecule has 0 saturated heterocycles. The number of nitrogens with two attached hydrogens (primary N) is 1. The maximum absolute atomic E-state index is 9.31. The number of rotatable bonds is 2. The first-order valence-corrected chi connectivity index (χ1v) is 4.60. The molecule has 0 aliphatic heterocycles. The van der Waals surface area contributed by atoms with Gasteiger partial charge in [-0.3, -0.25) is 0 Å². The van der Waals surface area contributed by atoms with Crippen molar-refractivity contribution in [2.45, 2.75) is 19.1 Å². The molecule has 0 amide bonds. The Morgan fingerprint density at radius 1 is 1.36 bits per heavy atom. The van der Waals surface area contributed by atoms with Gasteiger partial charge in [-0.1, -0.05) is 18.2 Å². The summed E-state index contributed by atoms with van der Waals surface area (Å²) in [5, 5.41) is 10.3. The molecular formula is C11H13NO2. The molecule has 0 saturated carbocycles. The van der Waals surface area contributed by atoms with Gasteiger partial charge in [0.2, 0.25) is 0 Å². The maximum Gasteiger partial charge on any atom is 0.134 e. The molecule has 0 bridgehead atoms. The third-order valence-electron chi connectivity index (χ3n) is 2.29. The van der Waals surface area contributed by atoms with Gasteiger partial charge >= 0.3 is 0 Å². The first kappa shape index (κ1) is 9.24. The molecule has 0 fully saturated rings. The summed E-state index contributed by atoms with van der Waals surface area (Å²) in [5.74, 6) is 0.626. The lowest BCUT2D eigenvalue weighted by molar-refractivity contribution is 0.154. The highest BCUT2D eigenvalue weighted by atomic mass is 16.3. The molecule has 1 aromatic carbocycles. The van der Waals surface area contributed by atoms with Crippen LogP contribution in [0.2, 0.25) is 0 Å². The van der Waals surface area contributed by atoms with Crippen LogP contribution in [0.4, 0.5) is 0 Å². The third kappa shape index (κ3) is 1.52. The van der Waals surface area contributed by atoms with E-state index in [0.29, 0.717) is 5.76 Å². The molecule has 1 heterocycles. The van der Waals surface area contributed by atoms with Gasteiger partial charge in [-0.2, -0.15) is 0 Å². The van der Waals surface area contributed by atoms with Gasteiger partial charge in [-0.05, 0) is 19.1 Å². The van der Waals surface area contributed by atoms with Crippen LogP contribution in [0, 0.1) is 0 Å². The summed E-state index contributed by atoms with van der Waals surface area (Å²) in [6.45, 7) is 1.65. The van der Waals surface area contributed by atoms with Crippen molar-refractivity contribution >= 4 is 11.0 Å². The fourth-order valence-corrected chi connectivity index (χ4v) is 1.40. The first-order valence-electron chi connectivity index (χ1n) is 4.60. The molecule has 1 aromatic heterocycles. The van der Waals surface area contributed by atoms with E-state index < -0.39 is 12.1 Å². The van der Waals surface area contributed by atoms with Gasteiger partial charge in [0.15, 0.2) is 0 Å². The second kappa shape index (κ2) is 3.44. The Kier molecular flexibility index (Phi) is 2.27. The molecule has 2 aromatic rings. The molecule has 0 aliphatic rings. The molecule has 3 N–H and O–H groups in total. The quantitative estimate of drug-likeness (QED) is 0.761. The predicted molar refractivity (Wildman–Crippen MR) is 54.8 cm³/mol. The summed E-state index contributed by atoms with van der Waals surface area (Å²) in [6.07, 6.45) is -0.601. The highest BCUT2D eigenvalue weighted by Gasteiger charge is 2.16. The molecule has 74 valence electrons. The monoisotopic (exact) mass is 191 g/mol. The number of para-hydroxylation sites is 1.